The Kier molecular flexibility index (Phi) is 7.08. The average Bonchev–Trinajstić information content (AvgIpc) is 3.53. The topological polar surface area (TPSA) is 79.8 Å². The molecule has 2 aromatic carbocycles. The van der Waals surface area contributed by atoms with Gasteiger partial charge in [-0.1, -0.05) is 17.4 Å². The van der Waals surface area contributed by atoms with Gasteiger partial charge in [0, 0.05) is 25.6 Å². The van der Waals surface area contributed by atoms with E-state index < -0.39 is 32.5 Å². The molecule has 192 valence electrons. The highest BCUT2D eigenvalue weighted by Crippen LogP contribution is 2.33. The lowest BCUT2D eigenvalue weighted by atomic mass is 9.96. The van der Waals surface area contributed by atoms with E-state index in [1.54, 1.807) is 4.90 Å². The minimum Gasteiger partial charge on any atom is -0.376 e. The van der Waals surface area contributed by atoms with Crippen LogP contribution in [0.1, 0.15) is 31.2 Å². The monoisotopic (exact) mass is 535 g/mol. The minimum absolute atomic E-state index is 0.0432. The van der Waals surface area contributed by atoms with E-state index in [4.69, 9.17) is 9.72 Å². The summed E-state index contributed by atoms with van der Waals surface area (Å²) >= 11 is 1.46. The van der Waals surface area contributed by atoms with Crippen LogP contribution < -0.4 is 4.90 Å². The Morgan fingerprint density at radius 1 is 1.17 bits per heavy atom. The van der Waals surface area contributed by atoms with E-state index in [2.05, 4.69) is 0 Å². The van der Waals surface area contributed by atoms with Crippen LogP contribution >= 0.6 is 11.3 Å². The number of benzene rings is 2. The first-order valence-corrected chi connectivity index (χ1v) is 14.2. The second kappa shape index (κ2) is 10.1. The third kappa shape index (κ3) is 5.02. The number of rotatable bonds is 6. The molecule has 5 rings (SSSR count). The van der Waals surface area contributed by atoms with Crippen molar-refractivity contribution in [3.63, 3.8) is 0 Å². The lowest BCUT2D eigenvalue weighted by Crippen LogP contribution is -2.46. The van der Waals surface area contributed by atoms with Gasteiger partial charge in [-0.25, -0.2) is 22.2 Å². The molecule has 1 atom stereocenters. The van der Waals surface area contributed by atoms with Gasteiger partial charge in [-0.2, -0.15) is 4.31 Å². The predicted octanol–water partition coefficient (Wildman–Crippen LogP) is 4.50. The molecule has 2 aliphatic heterocycles. The number of piperidine rings is 1. The van der Waals surface area contributed by atoms with Crippen molar-refractivity contribution in [2.75, 3.05) is 31.1 Å². The molecule has 3 aromatic rings. The van der Waals surface area contributed by atoms with Crippen molar-refractivity contribution in [3.8, 4) is 0 Å². The first-order valence-electron chi connectivity index (χ1n) is 12.0. The maximum Gasteiger partial charge on any atom is 0.246 e. The molecule has 0 aliphatic carbocycles. The first kappa shape index (κ1) is 25.2. The van der Waals surface area contributed by atoms with Gasteiger partial charge in [-0.05, 0) is 68.5 Å². The molecule has 2 aliphatic rings. The molecular weight excluding hydrogens is 508 g/mol. The second-order valence-electron chi connectivity index (χ2n) is 9.30. The fraction of sp³-hybridized carbons (Fsp3) is 0.440. The van der Waals surface area contributed by atoms with Gasteiger partial charge >= 0.3 is 0 Å². The molecule has 0 N–H and O–H groups in total. The SMILES string of the molecule is Cc1ccc2nc(N(CC3CCCO3)C(=O)C3CCN(S(=O)(=O)c4cc(F)ccc4F)CC3)sc2c1. The van der Waals surface area contributed by atoms with Crippen molar-refractivity contribution in [3.05, 3.63) is 53.6 Å². The van der Waals surface area contributed by atoms with E-state index in [0.717, 1.165) is 45.1 Å². The molecule has 0 spiro atoms. The van der Waals surface area contributed by atoms with Gasteiger partial charge in [0.2, 0.25) is 15.9 Å². The molecule has 1 aromatic heterocycles. The Hall–Kier alpha value is -2.47. The number of anilines is 1. The van der Waals surface area contributed by atoms with E-state index in [-0.39, 0.29) is 37.9 Å². The molecule has 2 saturated heterocycles. The first-order chi connectivity index (χ1) is 17.2. The Labute approximate surface area is 212 Å². The molecule has 11 heteroatoms. The van der Waals surface area contributed by atoms with Crippen LogP contribution in [0.4, 0.5) is 13.9 Å². The zero-order chi connectivity index (χ0) is 25.4. The third-order valence-corrected chi connectivity index (χ3v) is 9.71. The number of hydrogen-bond donors (Lipinski definition) is 0. The minimum atomic E-state index is -4.21. The maximum atomic E-state index is 14.2. The fourth-order valence-electron chi connectivity index (χ4n) is 4.77. The largest absolute Gasteiger partial charge is 0.376 e. The maximum absolute atomic E-state index is 14.2. The number of carbonyl (C=O) groups is 1. The van der Waals surface area contributed by atoms with Crippen LogP contribution in [0.15, 0.2) is 41.3 Å². The van der Waals surface area contributed by atoms with Gasteiger partial charge in [0.25, 0.3) is 0 Å². The molecule has 2 fully saturated rings. The normalized spacial score (nSPS) is 19.7. The van der Waals surface area contributed by atoms with Crippen molar-refractivity contribution in [1.29, 1.82) is 0 Å². The van der Waals surface area contributed by atoms with E-state index in [0.29, 0.717) is 24.3 Å². The van der Waals surface area contributed by atoms with Gasteiger partial charge < -0.3 is 4.74 Å². The number of amides is 1. The van der Waals surface area contributed by atoms with Crippen LogP contribution in [-0.2, 0) is 19.6 Å². The Morgan fingerprint density at radius 3 is 2.67 bits per heavy atom. The Balaban J connectivity index is 1.35. The molecular formula is C25H27F2N3O4S2. The number of aryl methyl sites for hydroxylation is 1. The zero-order valence-corrected chi connectivity index (χ0v) is 21.5. The van der Waals surface area contributed by atoms with Crippen molar-refractivity contribution in [2.24, 2.45) is 5.92 Å². The van der Waals surface area contributed by atoms with Gasteiger partial charge in [0.1, 0.15) is 16.5 Å². The van der Waals surface area contributed by atoms with E-state index in [9.17, 15) is 22.0 Å². The molecule has 3 heterocycles. The average molecular weight is 536 g/mol. The molecule has 1 amide bonds. The number of thiazole rings is 1. The third-order valence-electron chi connectivity index (χ3n) is 6.75. The van der Waals surface area contributed by atoms with Gasteiger partial charge in [0.15, 0.2) is 5.13 Å². The number of ether oxygens (including phenoxy) is 1. The number of carbonyl (C=O) groups excluding carboxylic acids is 1. The van der Waals surface area contributed by atoms with Crippen LogP contribution in [0.2, 0.25) is 0 Å². The second-order valence-corrected chi connectivity index (χ2v) is 12.2. The molecule has 1 unspecified atom stereocenters. The summed E-state index contributed by atoms with van der Waals surface area (Å²) in [6.45, 7) is 3.15. The molecule has 0 radical (unpaired) electrons. The van der Waals surface area contributed by atoms with Gasteiger partial charge in [-0.3, -0.25) is 9.69 Å². The summed E-state index contributed by atoms with van der Waals surface area (Å²) in [4.78, 5) is 19.4. The number of sulfonamides is 1. The number of aromatic nitrogens is 1. The van der Waals surface area contributed by atoms with E-state index >= 15 is 0 Å². The summed E-state index contributed by atoms with van der Waals surface area (Å²) in [5.41, 5.74) is 1.93. The molecule has 36 heavy (non-hydrogen) atoms. The van der Waals surface area contributed by atoms with Gasteiger partial charge in [-0.15, -0.1) is 0 Å². The summed E-state index contributed by atoms with van der Waals surface area (Å²) in [6, 6.07) is 8.34. The summed E-state index contributed by atoms with van der Waals surface area (Å²) in [5, 5.41) is 0.605. The van der Waals surface area contributed by atoms with Crippen molar-refractivity contribution < 1.29 is 26.7 Å². The van der Waals surface area contributed by atoms with Crippen LogP contribution in [0, 0.1) is 24.5 Å². The Morgan fingerprint density at radius 2 is 1.94 bits per heavy atom. The van der Waals surface area contributed by atoms with E-state index in [1.807, 2.05) is 25.1 Å². The van der Waals surface area contributed by atoms with Crippen molar-refractivity contribution >= 4 is 42.6 Å². The highest BCUT2D eigenvalue weighted by Gasteiger charge is 2.37. The zero-order valence-electron chi connectivity index (χ0n) is 19.8. The number of fused-ring (bicyclic) bond motifs is 1. The van der Waals surface area contributed by atoms with Crippen molar-refractivity contribution in [1.82, 2.24) is 9.29 Å². The standard InChI is InChI=1S/C25H27F2N3O4S2/c1-16-4-7-21-22(13-16)35-25(28-21)30(15-19-3-2-12-34-19)24(31)17-8-10-29(11-9-17)36(32,33)23-14-18(26)5-6-20(23)27/h4-7,13-14,17,19H,2-3,8-12,15H2,1H3. The van der Waals surface area contributed by atoms with Crippen LogP contribution in [0.5, 0.6) is 0 Å². The predicted molar refractivity (Wildman–Crippen MR) is 134 cm³/mol. The lowest BCUT2D eigenvalue weighted by molar-refractivity contribution is -0.123. The van der Waals surface area contributed by atoms with Crippen LogP contribution in [0.3, 0.4) is 0 Å². The Bertz CT molecular complexity index is 1380. The highest BCUT2D eigenvalue weighted by atomic mass is 32.2. The van der Waals surface area contributed by atoms with Gasteiger partial charge in [0.05, 0.1) is 22.9 Å². The summed E-state index contributed by atoms with van der Waals surface area (Å²) < 4.78 is 61.6. The summed E-state index contributed by atoms with van der Waals surface area (Å²) in [5.74, 6) is -2.35. The molecule has 7 nitrogen and oxygen atoms in total. The number of halogens is 2. The molecule has 0 saturated carbocycles. The summed E-state index contributed by atoms with van der Waals surface area (Å²) in [7, 11) is -4.21. The number of nitrogens with zero attached hydrogens (tertiary/aromatic N) is 3. The van der Waals surface area contributed by atoms with Crippen molar-refractivity contribution in [2.45, 2.75) is 43.6 Å². The quantitative estimate of drug-likeness (QED) is 0.465. The molecule has 0 bridgehead atoms. The number of hydrogen-bond acceptors (Lipinski definition) is 6. The smallest absolute Gasteiger partial charge is 0.246 e. The van der Waals surface area contributed by atoms with E-state index in [1.165, 1.54) is 11.3 Å². The summed E-state index contributed by atoms with van der Waals surface area (Å²) in [6.07, 6.45) is 2.30. The van der Waals surface area contributed by atoms with Crippen LogP contribution in [0.25, 0.3) is 10.2 Å². The highest BCUT2D eigenvalue weighted by molar-refractivity contribution is 7.89. The van der Waals surface area contributed by atoms with Crippen LogP contribution in [-0.4, -0.2) is 56.0 Å². The lowest BCUT2D eigenvalue weighted by Gasteiger charge is -2.33. The fourth-order valence-corrected chi connectivity index (χ4v) is 7.39.